The summed E-state index contributed by atoms with van der Waals surface area (Å²) in [7, 11) is 1.56. The van der Waals surface area contributed by atoms with Gasteiger partial charge >= 0.3 is 0 Å². The summed E-state index contributed by atoms with van der Waals surface area (Å²) in [6.45, 7) is 5.55. The average Bonchev–Trinajstić information content (AvgIpc) is 3.11. The fraction of sp³-hybridized carbons (Fsp3) is 0.429. The van der Waals surface area contributed by atoms with Crippen molar-refractivity contribution in [2.45, 2.75) is 33.6 Å². The number of ketones is 1. The van der Waals surface area contributed by atoms with Gasteiger partial charge in [0.1, 0.15) is 5.78 Å². The lowest BCUT2D eigenvalue weighted by Crippen LogP contribution is -2.17. The van der Waals surface area contributed by atoms with E-state index in [9.17, 15) is 9.59 Å². The topological polar surface area (TPSA) is 72.0 Å². The minimum absolute atomic E-state index is 0.0543. The molecule has 0 unspecified atom stereocenters. The SMILES string of the molecule is CNC(=O)CCC(C)=O.Cc1cncs1.Cc1cncs1. The standard InChI is InChI=1S/C6H11NO2.2C4H5NS/c1-5(8)3-4-6(9)7-2;2*1-4-2-5-3-6-4/h3-4H2,1-2H3,(H,7,9);2*2-3H,1H3. The van der Waals surface area contributed by atoms with Gasteiger partial charge in [-0.05, 0) is 20.8 Å². The molecule has 0 aliphatic rings. The zero-order valence-corrected chi connectivity index (χ0v) is 14.4. The monoisotopic (exact) mass is 327 g/mol. The van der Waals surface area contributed by atoms with Crippen molar-refractivity contribution in [1.29, 1.82) is 0 Å². The van der Waals surface area contributed by atoms with Crippen LogP contribution in [0.3, 0.4) is 0 Å². The van der Waals surface area contributed by atoms with E-state index in [0.717, 1.165) is 0 Å². The van der Waals surface area contributed by atoms with Gasteiger partial charge in [-0.3, -0.25) is 14.8 Å². The second-order valence-electron chi connectivity index (χ2n) is 4.10. The second-order valence-corrected chi connectivity index (χ2v) is 6.28. The minimum atomic E-state index is -0.0785. The van der Waals surface area contributed by atoms with Crippen LogP contribution in [0.5, 0.6) is 0 Å². The Morgan fingerprint density at radius 1 is 1.05 bits per heavy atom. The van der Waals surface area contributed by atoms with E-state index in [1.54, 1.807) is 29.7 Å². The van der Waals surface area contributed by atoms with Gasteiger partial charge < -0.3 is 10.1 Å². The summed E-state index contributed by atoms with van der Waals surface area (Å²) < 4.78 is 0. The molecule has 0 atom stereocenters. The van der Waals surface area contributed by atoms with Crippen LogP contribution in [0.2, 0.25) is 0 Å². The Morgan fingerprint density at radius 2 is 1.52 bits per heavy atom. The van der Waals surface area contributed by atoms with Gasteiger partial charge in [-0.2, -0.15) is 0 Å². The molecule has 1 amide bonds. The van der Waals surface area contributed by atoms with E-state index >= 15 is 0 Å². The van der Waals surface area contributed by atoms with E-state index < -0.39 is 0 Å². The first-order chi connectivity index (χ1) is 9.95. The highest BCUT2D eigenvalue weighted by molar-refractivity contribution is 7.09. The number of nitrogens with zero attached hydrogens (tertiary/aromatic N) is 2. The van der Waals surface area contributed by atoms with Gasteiger partial charge in [-0.1, -0.05) is 0 Å². The number of aromatic nitrogens is 2. The molecule has 0 fully saturated rings. The third kappa shape index (κ3) is 13.1. The summed E-state index contributed by atoms with van der Waals surface area (Å²) >= 11 is 3.33. The molecule has 2 heterocycles. The molecule has 0 spiro atoms. The van der Waals surface area contributed by atoms with Gasteiger partial charge in [-0.15, -0.1) is 22.7 Å². The zero-order chi connectivity index (χ0) is 16.1. The van der Waals surface area contributed by atoms with E-state index in [4.69, 9.17) is 0 Å². The highest BCUT2D eigenvalue weighted by Gasteiger charge is 1.98. The first kappa shape index (κ1) is 19.4. The fourth-order valence-electron chi connectivity index (χ4n) is 0.973. The number of nitrogens with one attached hydrogen (secondary N) is 1. The van der Waals surface area contributed by atoms with Crippen molar-refractivity contribution in [1.82, 2.24) is 15.3 Å². The Morgan fingerprint density at radius 3 is 1.71 bits per heavy atom. The van der Waals surface area contributed by atoms with Crippen LogP contribution in [0.15, 0.2) is 23.4 Å². The van der Waals surface area contributed by atoms with Gasteiger partial charge in [0.25, 0.3) is 0 Å². The molecule has 0 bridgehead atoms. The molecule has 0 aliphatic heterocycles. The minimum Gasteiger partial charge on any atom is -0.359 e. The molecule has 0 aromatic carbocycles. The predicted octanol–water partition coefficient (Wildman–Crippen LogP) is 3.00. The van der Waals surface area contributed by atoms with E-state index in [-0.39, 0.29) is 11.7 Å². The molecule has 0 aliphatic carbocycles. The van der Waals surface area contributed by atoms with Crippen molar-refractivity contribution >= 4 is 34.4 Å². The summed E-state index contributed by atoms with van der Waals surface area (Å²) in [6, 6.07) is 0. The summed E-state index contributed by atoms with van der Waals surface area (Å²) in [5.74, 6) is -0.0243. The molecule has 116 valence electrons. The van der Waals surface area contributed by atoms with Gasteiger partial charge in [0, 0.05) is 42.0 Å². The van der Waals surface area contributed by atoms with Crippen LogP contribution in [0.1, 0.15) is 29.5 Å². The number of amides is 1. The molecule has 7 heteroatoms. The normalized spacial score (nSPS) is 8.76. The van der Waals surface area contributed by atoms with Crippen LogP contribution in [0, 0.1) is 13.8 Å². The van der Waals surface area contributed by atoms with Crippen LogP contribution in [-0.4, -0.2) is 28.7 Å². The van der Waals surface area contributed by atoms with Gasteiger partial charge in [0.05, 0.1) is 11.0 Å². The highest BCUT2D eigenvalue weighted by Crippen LogP contribution is 2.00. The number of rotatable bonds is 3. The summed E-state index contributed by atoms with van der Waals surface area (Å²) in [6.07, 6.45) is 4.36. The molecule has 1 N–H and O–H groups in total. The maximum absolute atomic E-state index is 10.5. The van der Waals surface area contributed by atoms with E-state index in [0.29, 0.717) is 12.8 Å². The van der Waals surface area contributed by atoms with Crippen molar-refractivity contribution in [3.8, 4) is 0 Å². The molecule has 0 saturated heterocycles. The van der Waals surface area contributed by atoms with Crippen LogP contribution < -0.4 is 5.32 Å². The van der Waals surface area contributed by atoms with E-state index in [1.807, 2.05) is 37.3 Å². The number of thiazole rings is 2. The van der Waals surface area contributed by atoms with Crippen LogP contribution in [0.4, 0.5) is 0 Å². The van der Waals surface area contributed by atoms with Crippen LogP contribution in [-0.2, 0) is 9.59 Å². The Balaban J connectivity index is 0.000000293. The molecule has 0 saturated carbocycles. The molecule has 0 radical (unpaired) electrons. The largest absolute Gasteiger partial charge is 0.359 e. The number of carbonyl (C=O) groups excluding carboxylic acids is 2. The van der Waals surface area contributed by atoms with Gasteiger partial charge in [0.15, 0.2) is 0 Å². The van der Waals surface area contributed by atoms with Crippen LogP contribution in [0.25, 0.3) is 0 Å². The molecular weight excluding hydrogens is 306 g/mol. The van der Waals surface area contributed by atoms with Gasteiger partial charge in [-0.25, -0.2) is 0 Å². The quantitative estimate of drug-likeness (QED) is 0.940. The van der Waals surface area contributed by atoms with E-state index in [2.05, 4.69) is 15.3 Å². The first-order valence-electron chi connectivity index (χ1n) is 6.36. The summed E-state index contributed by atoms with van der Waals surface area (Å²) in [5, 5.41) is 2.43. The smallest absolute Gasteiger partial charge is 0.220 e. The number of hydrogen-bond donors (Lipinski definition) is 1. The van der Waals surface area contributed by atoms with Crippen molar-refractivity contribution in [2.24, 2.45) is 0 Å². The van der Waals surface area contributed by atoms with E-state index in [1.165, 1.54) is 16.7 Å². The number of aryl methyl sites for hydroxylation is 2. The molecular formula is C14H21N3O2S2. The third-order valence-corrected chi connectivity index (χ3v) is 3.50. The second kappa shape index (κ2) is 12.2. The third-order valence-electron chi connectivity index (χ3n) is 2.09. The summed E-state index contributed by atoms with van der Waals surface area (Å²) in [4.78, 5) is 31.0. The van der Waals surface area contributed by atoms with Crippen molar-refractivity contribution < 1.29 is 9.59 Å². The Labute approximate surface area is 133 Å². The molecule has 2 aromatic heterocycles. The fourth-order valence-corrected chi connectivity index (χ4v) is 1.79. The Hall–Kier alpha value is -1.60. The lowest BCUT2D eigenvalue weighted by atomic mass is 10.2. The first-order valence-corrected chi connectivity index (χ1v) is 8.11. The van der Waals surface area contributed by atoms with Gasteiger partial charge in [0.2, 0.25) is 5.91 Å². The number of hydrogen-bond acceptors (Lipinski definition) is 6. The molecule has 21 heavy (non-hydrogen) atoms. The maximum atomic E-state index is 10.5. The Kier molecular flexibility index (Phi) is 11.2. The van der Waals surface area contributed by atoms with Crippen LogP contribution >= 0.6 is 22.7 Å². The van der Waals surface area contributed by atoms with Crippen molar-refractivity contribution in [2.75, 3.05) is 7.05 Å². The summed E-state index contributed by atoms with van der Waals surface area (Å²) in [5.41, 5.74) is 3.66. The van der Waals surface area contributed by atoms with Crippen molar-refractivity contribution in [3.05, 3.63) is 33.2 Å². The molecule has 2 rings (SSSR count). The Bertz CT molecular complexity index is 464. The highest BCUT2D eigenvalue weighted by atomic mass is 32.1. The lowest BCUT2D eigenvalue weighted by molar-refractivity contribution is -0.124. The average molecular weight is 327 g/mol. The maximum Gasteiger partial charge on any atom is 0.220 e. The number of carbonyl (C=O) groups is 2. The number of Topliss-reactive ketones (excluding diaryl/α,β-unsaturated/α-hetero) is 1. The zero-order valence-electron chi connectivity index (χ0n) is 12.8. The lowest BCUT2D eigenvalue weighted by Gasteiger charge is -1.93. The van der Waals surface area contributed by atoms with Crippen molar-refractivity contribution in [3.63, 3.8) is 0 Å². The molecule has 5 nitrogen and oxygen atoms in total. The predicted molar refractivity (Wildman–Crippen MR) is 87.7 cm³/mol. The molecule has 2 aromatic rings.